The number of hydrogen-bond donors (Lipinski definition) is 0. The lowest BCUT2D eigenvalue weighted by molar-refractivity contribution is 0.176. The zero-order valence-electron chi connectivity index (χ0n) is 12.6. The molecular weight excluding hydrogens is 308 g/mol. The second-order valence-electron chi connectivity index (χ2n) is 5.43. The van der Waals surface area contributed by atoms with Crippen molar-refractivity contribution in [2.75, 3.05) is 26.7 Å². The van der Waals surface area contributed by atoms with E-state index in [4.69, 9.17) is 11.6 Å². The molecule has 0 radical (unpaired) electrons. The summed E-state index contributed by atoms with van der Waals surface area (Å²) in [6.45, 7) is 5.08. The van der Waals surface area contributed by atoms with Gasteiger partial charge in [-0.05, 0) is 44.1 Å². The molecule has 2 rings (SSSR count). The van der Waals surface area contributed by atoms with E-state index in [-0.39, 0.29) is 11.9 Å². The van der Waals surface area contributed by atoms with Crippen molar-refractivity contribution < 1.29 is 8.42 Å². The van der Waals surface area contributed by atoms with Gasteiger partial charge in [0, 0.05) is 19.0 Å². The molecule has 0 spiro atoms. The summed E-state index contributed by atoms with van der Waals surface area (Å²) in [6, 6.07) is 7.05. The van der Waals surface area contributed by atoms with E-state index in [0.29, 0.717) is 10.5 Å². The van der Waals surface area contributed by atoms with Gasteiger partial charge in [0.15, 0.2) is 0 Å². The third-order valence-electron chi connectivity index (χ3n) is 4.29. The summed E-state index contributed by atoms with van der Waals surface area (Å²) in [7, 11) is -1.79. The van der Waals surface area contributed by atoms with E-state index >= 15 is 0 Å². The van der Waals surface area contributed by atoms with E-state index in [0.717, 1.165) is 32.5 Å². The number of alkyl halides is 1. The minimum Gasteiger partial charge on any atom is -0.303 e. The van der Waals surface area contributed by atoms with Crippen LogP contribution in [0.15, 0.2) is 29.2 Å². The van der Waals surface area contributed by atoms with Crippen LogP contribution < -0.4 is 0 Å². The second-order valence-corrected chi connectivity index (χ2v) is 7.66. The Morgan fingerprint density at radius 3 is 2.48 bits per heavy atom. The van der Waals surface area contributed by atoms with Gasteiger partial charge in [-0.25, -0.2) is 8.42 Å². The van der Waals surface area contributed by atoms with Gasteiger partial charge < -0.3 is 4.90 Å². The van der Waals surface area contributed by atoms with E-state index in [1.54, 1.807) is 25.2 Å². The first-order valence-corrected chi connectivity index (χ1v) is 9.32. The third kappa shape index (κ3) is 3.59. The van der Waals surface area contributed by atoms with E-state index in [1.807, 2.05) is 6.07 Å². The van der Waals surface area contributed by atoms with Crippen molar-refractivity contribution in [3.8, 4) is 0 Å². The largest absolute Gasteiger partial charge is 0.303 e. The first-order valence-electron chi connectivity index (χ1n) is 7.35. The average molecular weight is 331 g/mol. The standard InChI is InChI=1S/C15H23ClN2O2S/c1-3-18-10-8-14(9-11-18)17(2)21(19,20)15-7-5-4-6-13(15)12-16/h4-7,14H,3,8-12H2,1-2H3. The predicted molar refractivity (Wildman–Crippen MR) is 86.1 cm³/mol. The Labute approximate surface area is 132 Å². The maximum Gasteiger partial charge on any atom is 0.243 e. The highest BCUT2D eigenvalue weighted by Gasteiger charge is 2.31. The molecule has 0 amide bonds. The number of likely N-dealkylation sites (tertiary alicyclic amines) is 1. The van der Waals surface area contributed by atoms with Gasteiger partial charge in [-0.2, -0.15) is 4.31 Å². The van der Waals surface area contributed by atoms with Gasteiger partial charge in [-0.1, -0.05) is 25.1 Å². The molecule has 1 aliphatic heterocycles. The van der Waals surface area contributed by atoms with Crippen LogP contribution in [0.4, 0.5) is 0 Å². The van der Waals surface area contributed by atoms with Gasteiger partial charge >= 0.3 is 0 Å². The Hall–Kier alpha value is -0.620. The SMILES string of the molecule is CCN1CCC(N(C)S(=O)(=O)c2ccccc2CCl)CC1. The van der Waals surface area contributed by atoms with E-state index in [9.17, 15) is 8.42 Å². The monoisotopic (exact) mass is 330 g/mol. The number of piperidine rings is 1. The summed E-state index contributed by atoms with van der Waals surface area (Å²) < 4.78 is 27.2. The van der Waals surface area contributed by atoms with Crippen molar-refractivity contribution in [3.63, 3.8) is 0 Å². The van der Waals surface area contributed by atoms with Crippen molar-refractivity contribution in [1.82, 2.24) is 9.21 Å². The Kier molecular flexibility index (Phi) is 5.66. The Balaban J connectivity index is 2.19. The smallest absolute Gasteiger partial charge is 0.243 e. The lowest BCUT2D eigenvalue weighted by Crippen LogP contribution is -2.45. The highest BCUT2D eigenvalue weighted by Crippen LogP contribution is 2.25. The number of nitrogens with zero attached hydrogens (tertiary/aromatic N) is 2. The molecule has 0 aromatic heterocycles. The number of benzene rings is 1. The Morgan fingerprint density at radius 2 is 1.90 bits per heavy atom. The van der Waals surface area contributed by atoms with Gasteiger partial charge in [-0.15, -0.1) is 11.6 Å². The van der Waals surface area contributed by atoms with E-state index in [1.165, 1.54) is 4.31 Å². The van der Waals surface area contributed by atoms with Gasteiger partial charge in [0.25, 0.3) is 0 Å². The lowest BCUT2D eigenvalue weighted by atomic mass is 10.1. The molecular formula is C15H23ClN2O2S. The van der Waals surface area contributed by atoms with E-state index < -0.39 is 10.0 Å². The molecule has 118 valence electrons. The third-order valence-corrected chi connectivity index (χ3v) is 6.59. The molecule has 0 aliphatic carbocycles. The van der Waals surface area contributed by atoms with Crippen molar-refractivity contribution in [2.45, 2.75) is 36.6 Å². The topological polar surface area (TPSA) is 40.6 Å². The predicted octanol–water partition coefficient (Wildman–Crippen LogP) is 2.53. The molecule has 21 heavy (non-hydrogen) atoms. The molecule has 1 fully saturated rings. The molecule has 0 atom stereocenters. The molecule has 1 aromatic rings. The maximum atomic E-state index is 12.8. The molecule has 4 nitrogen and oxygen atoms in total. The first-order chi connectivity index (χ1) is 10.0. The van der Waals surface area contributed by atoms with Crippen LogP contribution >= 0.6 is 11.6 Å². The van der Waals surface area contributed by atoms with Crippen LogP contribution in [0.25, 0.3) is 0 Å². The Bertz CT molecular complexity index is 569. The van der Waals surface area contributed by atoms with Crippen molar-refractivity contribution in [1.29, 1.82) is 0 Å². The van der Waals surface area contributed by atoms with Crippen LogP contribution in [0, 0.1) is 0 Å². The van der Waals surface area contributed by atoms with Crippen molar-refractivity contribution in [2.24, 2.45) is 0 Å². The molecule has 0 N–H and O–H groups in total. The fourth-order valence-electron chi connectivity index (χ4n) is 2.82. The number of hydrogen-bond acceptors (Lipinski definition) is 3. The highest BCUT2D eigenvalue weighted by atomic mass is 35.5. The minimum atomic E-state index is -3.48. The fourth-order valence-corrected chi connectivity index (χ4v) is 4.76. The number of rotatable bonds is 5. The maximum absolute atomic E-state index is 12.8. The summed E-state index contributed by atoms with van der Waals surface area (Å²) >= 11 is 5.88. The minimum absolute atomic E-state index is 0.0705. The van der Waals surface area contributed by atoms with Crippen molar-refractivity contribution >= 4 is 21.6 Å². The first kappa shape index (κ1) is 16.7. The lowest BCUT2D eigenvalue weighted by Gasteiger charge is -2.35. The van der Waals surface area contributed by atoms with Crippen LogP contribution in [-0.2, 0) is 15.9 Å². The summed E-state index contributed by atoms with van der Waals surface area (Å²) in [4.78, 5) is 2.68. The molecule has 1 aliphatic rings. The second kappa shape index (κ2) is 7.09. The molecule has 0 bridgehead atoms. The van der Waals surface area contributed by atoms with Crippen LogP contribution in [0.1, 0.15) is 25.3 Å². The van der Waals surface area contributed by atoms with Crippen LogP contribution in [0.3, 0.4) is 0 Å². The summed E-state index contributed by atoms with van der Waals surface area (Å²) in [5, 5.41) is 0. The number of sulfonamides is 1. The van der Waals surface area contributed by atoms with Gasteiger partial charge in [0.05, 0.1) is 4.90 Å². The molecule has 0 saturated carbocycles. The van der Waals surface area contributed by atoms with E-state index in [2.05, 4.69) is 11.8 Å². The zero-order valence-corrected chi connectivity index (χ0v) is 14.2. The van der Waals surface area contributed by atoms with Gasteiger partial charge in [0.1, 0.15) is 0 Å². The fraction of sp³-hybridized carbons (Fsp3) is 0.600. The quantitative estimate of drug-likeness (QED) is 0.779. The van der Waals surface area contributed by atoms with Crippen LogP contribution in [0.2, 0.25) is 0 Å². The summed E-state index contributed by atoms with van der Waals surface area (Å²) in [5.74, 6) is 0.206. The summed E-state index contributed by atoms with van der Waals surface area (Å²) in [5.41, 5.74) is 0.664. The number of halogens is 1. The zero-order chi connectivity index (χ0) is 15.5. The van der Waals surface area contributed by atoms with Gasteiger partial charge in [0.2, 0.25) is 10.0 Å². The molecule has 1 saturated heterocycles. The molecule has 1 heterocycles. The molecule has 0 unspecified atom stereocenters. The van der Waals surface area contributed by atoms with Crippen molar-refractivity contribution in [3.05, 3.63) is 29.8 Å². The molecule has 1 aromatic carbocycles. The van der Waals surface area contributed by atoms with Crippen LogP contribution in [0.5, 0.6) is 0 Å². The average Bonchev–Trinajstić information content (AvgIpc) is 2.54. The normalized spacial score (nSPS) is 18.3. The molecule has 6 heteroatoms. The Morgan fingerprint density at radius 1 is 1.29 bits per heavy atom. The van der Waals surface area contributed by atoms with Crippen LogP contribution in [-0.4, -0.2) is 50.3 Å². The van der Waals surface area contributed by atoms with Gasteiger partial charge in [-0.3, -0.25) is 0 Å². The summed E-state index contributed by atoms with van der Waals surface area (Å²) in [6.07, 6.45) is 1.76. The highest BCUT2D eigenvalue weighted by molar-refractivity contribution is 7.89.